The molecule has 0 aliphatic heterocycles. The fraction of sp³-hybridized carbons (Fsp3) is 0.250. The summed E-state index contributed by atoms with van der Waals surface area (Å²) in [4.78, 5) is 16.2. The number of aromatic nitrogens is 3. The van der Waals surface area contributed by atoms with E-state index in [0.717, 1.165) is 12.0 Å². The van der Waals surface area contributed by atoms with Crippen molar-refractivity contribution in [2.45, 2.75) is 13.3 Å². The fourth-order valence-corrected chi connectivity index (χ4v) is 1.60. The molecule has 2 heterocycles. The maximum atomic E-state index is 12.1. The number of ketones is 1. The van der Waals surface area contributed by atoms with Crippen LogP contribution in [0.1, 0.15) is 28.5 Å². The molecule has 0 aromatic carbocycles. The number of rotatable bonds is 3. The second-order valence-electron chi connectivity index (χ2n) is 3.59. The van der Waals surface area contributed by atoms with Gasteiger partial charge in [0.2, 0.25) is 5.78 Å². The quantitative estimate of drug-likeness (QED) is 0.731. The lowest BCUT2D eigenvalue weighted by molar-refractivity contribution is 0.103. The molecular formula is C12H13N3O. The highest BCUT2D eigenvalue weighted by atomic mass is 16.1. The Morgan fingerprint density at radius 3 is 2.88 bits per heavy atom. The van der Waals surface area contributed by atoms with E-state index in [-0.39, 0.29) is 5.78 Å². The third-order valence-electron chi connectivity index (χ3n) is 2.48. The summed E-state index contributed by atoms with van der Waals surface area (Å²) in [5.41, 5.74) is 2.12. The number of hydrogen-bond acceptors (Lipinski definition) is 3. The van der Waals surface area contributed by atoms with Gasteiger partial charge in [-0.1, -0.05) is 6.92 Å². The summed E-state index contributed by atoms with van der Waals surface area (Å²) < 4.78 is 1.63. The average Bonchev–Trinajstić information content (AvgIpc) is 2.75. The van der Waals surface area contributed by atoms with Crippen molar-refractivity contribution in [2.24, 2.45) is 7.05 Å². The van der Waals surface area contributed by atoms with E-state index in [9.17, 15) is 4.79 Å². The summed E-state index contributed by atoms with van der Waals surface area (Å²) in [5, 5.41) is 4.11. The standard InChI is InChI=1S/C12H13N3O/c1-3-9-8-13-6-4-10(9)12(16)11-5-7-15(2)14-11/h4-8H,3H2,1-2H3. The van der Waals surface area contributed by atoms with Crippen LogP contribution >= 0.6 is 0 Å². The first kappa shape index (κ1) is 10.5. The van der Waals surface area contributed by atoms with E-state index >= 15 is 0 Å². The molecule has 0 unspecified atom stereocenters. The van der Waals surface area contributed by atoms with Crippen molar-refractivity contribution in [1.29, 1.82) is 0 Å². The molecule has 0 N–H and O–H groups in total. The van der Waals surface area contributed by atoms with Crippen molar-refractivity contribution in [3.8, 4) is 0 Å². The Morgan fingerprint density at radius 1 is 1.44 bits per heavy atom. The highest BCUT2D eigenvalue weighted by Gasteiger charge is 2.14. The number of carbonyl (C=O) groups excluding carboxylic acids is 1. The zero-order valence-electron chi connectivity index (χ0n) is 9.34. The summed E-state index contributed by atoms with van der Waals surface area (Å²) in [6.45, 7) is 2.01. The van der Waals surface area contributed by atoms with Gasteiger partial charge in [-0.25, -0.2) is 0 Å². The third kappa shape index (κ3) is 1.86. The lowest BCUT2D eigenvalue weighted by Crippen LogP contribution is -2.07. The molecule has 0 fully saturated rings. The molecule has 4 heteroatoms. The van der Waals surface area contributed by atoms with Gasteiger partial charge in [-0.15, -0.1) is 0 Å². The number of nitrogens with zero attached hydrogens (tertiary/aromatic N) is 3. The van der Waals surface area contributed by atoms with Gasteiger partial charge < -0.3 is 0 Å². The van der Waals surface area contributed by atoms with Crippen LogP contribution in [0.15, 0.2) is 30.7 Å². The van der Waals surface area contributed by atoms with E-state index in [4.69, 9.17) is 0 Å². The number of pyridine rings is 1. The Hall–Kier alpha value is -1.97. The molecule has 0 aliphatic rings. The Balaban J connectivity index is 2.41. The summed E-state index contributed by atoms with van der Waals surface area (Å²) in [5.74, 6) is -0.0418. The van der Waals surface area contributed by atoms with Crippen LogP contribution in [0.25, 0.3) is 0 Å². The van der Waals surface area contributed by atoms with E-state index in [1.807, 2.05) is 6.92 Å². The lowest BCUT2D eigenvalue weighted by Gasteiger charge is -2.03. The van der Waals surface area contributed by atoms with Crippen molar-refractivity contribution in [3.63, 3.8) is 0 Å². The molecule has 0 spiro atoms. The molecule has 0 bridgehead atoms. The van der Waals surface area contributed by atoms with Gasteiger partial charge >= 0.3 is 0 Å². The second-order valence-corrected chi connectivity index (χ2v) is 3.59. The maximum Gasteiger partial charge on any atom is 0.213 e. The summed E-state index contributed by atoms with van der Waals surface area (Å²) in [7, 11) is 1.80. The van der Waals surface area contributed by atoms with E-state index in [1.54, 1.807) is 42.5 Å². The molecule has 2 aromatic rings. The minimum atomic E-state index is -0.0418. The van der Waals surface area contributed by atoms with Gasteiger partial charge in [-0.3, -0.25) is 14.5 Å². The predicted molar refractivity (Wildman–Crippen MR) is 60.3 cm³/mol. The van der Waals surface area contributed by atoms with Crippen molar-refractivity contribution in [2.75, 3.05) is 0 Å². The van der Waals surface area contributed by atoms with Gasteiger partial charge in [0, 0.05) is 31.2 Å². The van der Waals surface area contributed by atoms with E-state index in [0.29, 0.717) is 11.3 Å². The molecule has 0 amide bonds. The summed E-state index contributed by atoms with van der Waals surface area (Å²) in [6.07, 6.45) is 5.92. The number of carbonyl (C=O) groups is 1. The van der Waals surface area contributed by atoms with Crippen LogP contribution in [0.5, 0.6) is 0 Å². The van der Waals surface area contributed by atoms with Crippen LogP contribution in [0.2, 0.25) is 0 Å². The van der Waals surface area contributed by atoms with Crippen molar-refractivity contribution in [3.05, 3.63) is 47.5 Å². The summed E-state index contributed by atoms with van der Waals surface area (Å²) in [6, 6.07) is 3.47. The van der Waals surface area contributed by atoms with Crippen molar-refractivity contribution < 1.29 is 4.79 Å². The Kier molecular flexibility index (Phi) is 2.81. The summed E-state index contributed by atoms with van der Waals surface area (Å²) >= 11 is 0. The van der Waals surface area contributed by atoms with Gasteiger partial charge in [0.05, 0.1) is 0 Å². The van der Waals surface area contributed by atoms with E-state index in [2.05, 4.69) is 10.1 Å². The predicted octanol–water partition coefficient (Wildman–Crippen LogP) is 1.61. The van der Waals surface area contributed by atoms with Crippen molar-refractivity contribution in [1.82, 2.24) is 14.8 Å². The monoisotopic (exact) mass is 215 g/mol. The molecule has 0 atom stereocenters. The van der Waals surface area contributed by atoms with Crippen LogP contribution in [-0.2, 0) is 13.5 Å². The smallest absolute Gasteiger partial charge is 0.213 e. The Labute approximate surface area is 93.9 Å². The van der Waals surface area contributed by atoms with Gasteiger partial charge in [0.25, 0.3) is 0 Å². The number of aryl methyl sites for hydroxylation is 2. The molecular weight excluding hydrogens is 202 g/mol. The topological polar surface area (TPSA) is 47.8 Å². The van der Waals surface area contributed by atoms with Gasteiger partial charge in [0.1, 0.15) is 5.69 Å². The molecule has 82 valence electrons. The van der Waals surface area contributed by atoms with Crippen LogP contribution < -0.4 is 0 Å². The van der Waals surface area contributed by atoms with Crippen LogP contribution in [0, 0.1) is 0 Å². The minimum absolute atomic E-state index is 0.0418. The second kappa shape index (κ2) is 4.26. The normalized spacial score (nSPS) is 10.4. The Morgan fingerprint density at radius 2 is 2.25 bits per heavy atom. The molecule has 16 heavy (non-hydrogen) atoms. The molecule has 4 nitrogen and oxygen atoms in total. The van der Waals surface area contributed by atoms with E-state index < -0.39 is 0 Å². The zero-order chi connectivity index (χ0) is 11.5. The maximum absolute atomic E-state index is 12.1. The first-order valence-electron chi connectivity index (χ1n) is 5.19. The Bertz CT molecular complexity index is 516. The van der Waals surface area contributed by atoms with Crippen molar-refractivity contribution >= 4 is 5.78 Å². The third-order valence-corrected chi connectivity index (χ3v) is 2.48. The highest BCUT2D eigenvalue weighted by Crippen LogP contribution is 2.12. The minimum Gasteiger partial charge on any atom is -0.287 e. The zero-order valence-corrected chi connectivity index (χ0v) is 9.34. The molecule has 0 saturated heterocycles. The first-order chi connectivity index (χ1) is 7.72. The number of hydrogen-bond donors (Lipinski definition) is 0. The SMILES string of the molecule is CCc1cnccc1C(=O)c1ccn(C)n1. The molecule has 2 rings (SSSR count). The van der Waals surface area contributed by atoms with E-state index in [1.165, 1.54) is 0 Å². The lowest BCUT2D eigenvalue weighted by atomic mass is 10.0. The first-order valence-corrected chi connectivity index (χ1v) is 5.19. The average molecular weight is 215 g/mol. The highest BCUT2D eigenvalue weighted by molar-refractivity contribution is 6.08. The molecule has 0 radical (unpaired) electrons. The van der Waals surface area contributed by atoms with Crippen LogP contribution in [0.4, 0.5) is 0 Å². The van der Waals surface area contributed by atoms with Gasteiger partial charge in [0.15, 0.2) is 0 Å². The molecule has 2 aromatic heterocycles. The fourth-order valence-electron chi connectivity index (χ4n) is 1.60. The molecule has 0 saturated carbocycles. The van der Waals surface area contributed by atoms with Gasteiger partial charge in [-0.05, 0) is 24.1 Å². The largest absolute Gasteiger partial charge is 0.287 e. The van der Waals surface area contributed by atoms with Crippen LogP contribution in [0.3, 0.4) is 0 Å². The molecule has 0 aliphatic carbocycles. The van der Waals surface area contributed by atoms with Crippen LogP contribution in [-0.4, -0.2) is 20.5 Å². The van der Waals surface area contributed by atoms with Gasteiger partial charge in [-0.2, -0.15) is 5.10 Å².